The van der Waals surface area contributed by atoms with Gasteiger partial charge in [0.1, 0.15) is 0 Å². The van der Waals surface area contributed by atoms with Crippen LogP contribution in [0.25, 0.3) is 0 Å². The van der Waals surface area contributed by atoms with Crippen LogP contribution in [0, 0.1) is 10.1 Å². The molecule has 1 rings (SSSR count). The van der Waals surface area contributed by atoms with E-state index in [-0.39, 0.29) is 18.1 Å². The van der Waals surface area contributed by atoms with Crippen molar-refractivity contribution in [3.05, 3.63) is 28.3 Å². The van der Waals surface area contributed by atoms with Gasteiger partial charge in [-0.1, -0.05) is 6.92 Å². The predicted octanol–water partition coefficient (Wildman–Crippen LogP) is 1.96. The summed E-state index contributed by atoms with van der Waals surface area (Å²) in [5.41, 5.74) is 1.18. The van der Waals surface area contributed by atoms with E-state index in [1.54, 1.807) is 6.07 Å². The smallest absolute Gasteiger partial charge is 0.273 e. The standard InChI is InChI=1S/C13H20N4O3/c1-3-5-15-13(18)9-16-11-6-10(14-4-2)7-12(8-11)17(19)20/h6-8,14,16H,3-5,9H2,1-2H3,(H,15,18). The molecular formula is C13H20N4O3. The largest absolute Gasteiger partial charge is 0.385 e. The van der Waals surface area contributed by atoms with Crippen molar-refractivity contribution in [3.8, 4) is 0 Å². The topological polar surface area (TPSA) is 96.3 Å². The Bertz CT molecular complexity index is 477. The minimum Gasteiger partial charge on any atom is -0.385 e. The van der Waals surface area contributed by atoms with Crippen LogP contribution in [-0.4, -0.2) is 30.5 Å². The summed E-state index contributed by atoms with van der Waals surface area (Å²) < 4.78 is 0. The van der Waals surface area contributed by atoms with Crippen LogP contribution in [0.5, 0.6) is 0 Å². The van der Waals surface area contributed by atoms with Gasteiger partial charge in [-0.3, -0.25) is 14.9 Å². The van der Waals surface area contributed by atoms with Crippen molar-refractivity contribution in [2.75, 3.05) is 30.3 Å². The monoisotopic (exact) mass is 280 g/mol. The van der Waals surface area contributed by atoms with Gasteiger partial charge in [0, 0.05) is 36.6 Å². The fraction of sp³-hybridized carbons (Fsp3) is 0.462. The summed E-state index contributed by atoms with van der Waals surface area (Å²) in [5.74, 6) is -0.136. The molecule has 110 valence electrons. The zero-order valence-electron chi connectivity index (χ0n) is 11.7. The maximum absolute atomic E-state index is 11.5. The lowest BCUT2D eigenvalue weighted by atomic mass is 10.2. The van der Waals surface area contributed by atoms with Crippen molar-refractivity contribution >= 4 is 23.0 Å². The molecule has 0 fully saturated rings. The lowest BCUT2D eigenvalue weighted by molar-refractivity contribution is -0.384. The first-order valence-corrected chi connectivity index (χ1v) is 6.60. The number of nitrogens with zero attached hydrogens (tertiary/aromatic N) is 1. The summed E-state index contributed by atoms with van der Waals surface area (Å²) in [6.07, 6.45) is 0.868. The molecule has 1 aromatic carbocycles. The second-order valence-corrected chi connectivity index (χ2v) is 4.26. The summed E-state index contributed by atoms with van der Waals surface area (Å²) in [7, 11) is 0. The molecule has 0 saturated carbocycles. The number of amides is 1. The average molecular weight is 280 g/mol. The second kappa shape index (κ2) is 7.98. The van der Waals surface area contributed by atoms with Gasteiger partial charge in [-0.05, 0) is 19.4 Å². The number of anilines is 2. The van der Waals surface area contributed by atoms with Crippen LogP contribution in [0.1, 0.15) is 20.3 Å². The second-order valence-electron chi connectivity index (χ2n) is 4.26. The molecule has 0 aromatic heterocycles. The molecule has 1 amide bonds. The highest BCUT2D eigenvalue weighted by molar-refractivity contribution is 5.81. The zero-order valence-corrected chi connectivity index (χ0v) is 11.7. The van der Waals surface area contributed by atoms with Crippen molar-refractivity contribution < 1.29 is 9.72 Å². The first-order valence-electron chi connectivity index (χ1n) is 6.60. The third kappa shape index (κ3) is 5.13. The van der Waals surface area contributed by atoms with Crippen molar-refractivity contribution in [1.29, 1.82) is 0 Å². The molecule has 0 spiro atoms. The van der Waals surface area contributed by atoms with Crippen LogP contribution in [0.4, 0.5) is 17.1 Å². The van der Waals surface area contributed by atoms with Crippen LogP contribution in [0.3, 0.4) is 0 Å². The SMILES string of the molecule is CCCNC(=O)CNc1cc(NCC)cc([N+](=O)[O-])c1. The highest BCUT2D eigenvalue weighted by Gasteiger charge is 2.10. The number of nitro groups is 1. The average Bonchev–Trinajstić information content (AvgIpc) is 2.43. The highest BCUT2D eigenvalue weighted by atomic mass is 16.6. The molecule has 7 nitrogen and oxygen atoms in total. The van der Waals surface area contributed by atoms with E-state index < -0.39 is 4.92 Å². The van der Waals surface area contributed by atoms with E-state index in [0.29, 0.717) is 24.5 Å². The molecule has 20 heavy (non-hydrogen) atoms. The lowest BCUT2D eigenvalue weighted by Crippen LogP contribution is -2.30. The van der Waals surface area contributed by atoms with Gasteiger partial charge in [0.2, 0.25) is 5.91 Å². The fourth-order valence-electron chi connectivity index (χ4n) is 1.63. The van der Waals surface area contributed by atoms with Gasteiger partial charge in [0.15, 0.2) is 0 Å². The summed E-state index contributed by atoms with van der Waals surface area (Å²) >= 11 is 0. The van der Waals surface area contributed by atoms with Crippen molar-refractivity contribution in [1.82, 2.24) is 5.32 Å². The van der Waals surface area contributed by atoms with Gasteiger partial charge in [-0.15, -0.1) is 0 Å². The van der Waals surface area contributed by atoms with Crippen LogP contribution in [0.15, 0.2) is 18.2 Å². The number of hydrogen-bond acceptors (Lipinski definition) is 5. The summed E-state index contributed by atoms with van der Waals surface area (Å²) in [5, 5.41) is 19.5. The Morgan fingerprint density at radius 2 is 1.85 bits per heavy atom. The van der Waals surface area contributed by atoms with E-state index in [1.807, 2.05) is 13.8 Å². The van der Waals surface area contributed by atoms with Gasteiger partial charge < -0.3 is 16.0 Å². The minimum absolute atomic E-state index is 0.0140. The van der Waals surface area contributed by atoms with Gasteiger partial charge in [0.05, 0.1) is 11.5 Å². The summed E-state index contributed by atoms with van der Waals surface area (Å²) in [6, 6.07) is 4.61. The van der Waals surface area contributed by atoms with Crippen LogP contribution < -0.4 is 16.0 Å². The minimum atomic E-state index is -0.455. The Labute approximate surface area is 117 Å². The number of benzene rings is 1. The fourth-order valence-corrected chi connectivity index (χ4v) is 1.63. The van der Waals surface area contributed by atoms with E-state index >= 15 is 0 Å². The lowest BCUT2D eigenvalue weighted by Gasteiger charge is -2.09. The highest BCUT2D eigenvalue weighted by Crippen LogP contribution is 2.24. The van der Waals surface area contributed by atoms with E-state index in [0.717, 1.165) is 6.42 Å². The Morgan fingerprint density at radius 1 is 1.20 bits per heavy atom. The summed E-state index contributed by atoms with van der Waals surface area (Å²) in [6.45, 7) is 5.25. The first-order chi connectivity index (χ1) is 9.56. The number of rotatable bonds is 8. The molecule has 0 saturated heterocycles. The van der Waals surface area contributed by atoms with Crippen molar-refractivity contribution in [3.63, 3.8) is 0 Å². The molecule has 1 aromatic rings. The summed E-state index contributed by atoms with van der Waals surface area (Å²) in [4.78, 5) is 21.9. The molecule has 0 unspecified atom stereocenters. The first kappa shape index (κ1) is 15.7. The molecule has 3 N–H and O–H groups in total. The van der Waals surface area contributed by atoms with Crippen molar-refractivity contribution in [2.45, 2.75) is 20.3 Å². The predicted molar refractivity (Wildman–Crippen MR) is 79.1 cm³/mol. The number of nitrogens with one attached hydrogen (secondary N) is 3. The molecule has 0 aliphatic heterocycles. The molecule has 0 radical (unpaired) electrons. The molecule has 0 aliphatic rings. The van der Waals surface area contributed by atoms with E-state index in [4.69, 9.17) is 0 Å². The quantitative estimate of drug-likeness (QED) is 0.499. The molecule has 0 heterocycles. The van der Waals surface area contributed by atoms with Crippen LogP contribution in [0.2, 0.25) is 0 Å². The maximum Gasteiger partial charge on any atom is 0.273 e. The third-order valence-corrected chi connectivity index (χ3v) is 2.53. The van der Waals surface area contributed by atoms with Gasteiger partial charge in [-0.2, -0.15) is 0 Å². The number of carbonyl (C=O) groups is 1. The molecule has 0 atom stereocenters. The van der Waals surface area contributed by atoms with E-state index in [1.165, 1.54) is 12.1 Å². The Kier molecular flexibility index (Phi) is 6.28. The third-order valence-electron chi connectivity index (χ3n) is 2.53. The van der Waals surface area contributed by atoms with E-state index in [2.05, 4.69) is 16.0 Å². The van der Waals surface area contributed by atoms with Gasteiger partial charge in [-0.25, -0.2) is 0 Å². The molecule has 0 aliphatic carbocycles. The zero-order chi connectivity index (χ0) is 15.0. The molecular weight excluding hydrogens is 260 g/mol. The Balaban J connectivity index is 2.73. The molecule has 0 bridgehead atoms. The van der Waals surface area contributed by atoms with E-state index in [9.17, 15) is 14.9 Å². The Morgan fingerprint density at radius 3 is 2.40 bits per heavy atom. The van der Waals surface area contributed by atoms with Gasteiger partial charge in [0.25, 0.3) is 5.69 Å². The van der Waals surface area contributed by atoms with Crippen LogP contribution >= 0.6 is 0 Å². The Hall–Kier alpha value is -2.31. The molecule has 7 heteroatoms. The normalized spacial score (nSPS) is 9.90. The van der Waals surface area contributed by atoms with Gasteiger partial charge >= 0.3 is 0 Å². The number of nitro benzene ring substituents is 1. The number of hydrogen-bond donors (Lipinski definition) is 3. The van der Waals surface area contributed by atoms with Crippen molar-refractivity contribution in [2.24, 2.45) is 0 Å². The van der Waals surface area contributed by atoms with Crippen LogP contribution in [-0.2, 0) is 4.79 Å². The number of non-ortho nitro benzene ring substituents is 1. The maximum atomic E-state index is 11.5. The number of carbonyl (C=O) groups excluding carboxylic acids is 1.